The zero-order valence-corrected chi connectivity index (χ0v) is 16.7. The standard InChI is InChI=1S/C17H28N4O4S/c1-5-26(23,24)20-14-7-13-9-21(15(22)6-11(2)3)10-17(13,8-14)16-18-12(4)19-25-16/h11,13-14,20H,5-10H2,1-4H3/t13-,14+,17-/m0/s1. The molecule has 1 aromatic heterocycles. The first-order valence-electron chi connectivity index (χ1n) is 9.23. The lowest BCUT2D eigenvalue weighted by molar-refractivity contribution is -0.131. The molecule has 0 bridgehead atoms. The normalized spacial score (nSPS) is 28.7. The van der Waals surface area contributed by atoms with Crippen LogP contribution in [0.1, 0.15) is 51.7 Å². The van der Waals surface area contributed by atoms with Gasteiger partial charge < -0.3 is 9.42 Å². The molecule has 0 spiro atoms. The molecule has 2 fully saturated rings. The highest BCUT2D eigenvalue weighted by Gasteiger charge is 2.58. The summed E-state index contributed by atoms with van der Waals surface area (Å²) >= 11 is 0. The predicted octanol–water partition coefficient (Wildman–Crippen LogP) is 1.22. The molecule has 0 unspecified atom stereocenters. The van der Waals surface area contributed by atoms with Gasteiger partial charge in [-0.25, -0.2) is 13.1 Å². The number of nitrogens with zero attached hydrogens (tertiary/aromatic N) is 3. The summed E-state index contributed by atoms with van der Waals surface area (Å²) in [6.45, 7) is 8.57. The summed E-state index contributed by atoms with van der Waals surface area (Å²) in [5, 5.41) is 3.92. The van der Waals surface area contributed by atoms with Crippen LogP contribution in [0.15, 0.2) is 4.52 Å². The number of aryl methyl sites for hydroxylation is 1. The fourth-order valence-corrected chi connectivity index (χ4v) is 5.15. The van der Waals surface area contributed by atoms with E-state index in [4.69, 9.17) is 4.52 Å². The van der Waals surface area contributed by atoms with Gasteiger partial charge in [0.15, 0.2) is 5.82 Å². The van der Waals surface area contributed by atoms with Crippen LogP contribution >= 0.6 is 0 Å². The number of carbonyl (C=O) groups is 1. The van der Waals surface area contributed by atoms with E-state index in [0.717, 1.165) is 0 Å². The van der Waals surface area contributed by atoms with Gasteiger partial charge in [-0.05, 0) is 38.5 Å². The van der Waals surface area contributed by atoms with Gasteiger partial charge in [0.25, 0.3) is 0 Å². The molecule has 1 amide bonds. The number of aromatic nitrogens is 2. The number of nitrogens with one attached hydrogen (secondary N) is 1. The Labute approximate surface area is 154 Å². The molecule has 1 saturated heterocycles. The number of amides is 1. The largest absolute Gasteiger partial charge is 0.341 e. The first-order valence-corrected chi connectivity index (χ1v) is 10.9. The number of hydrogen-bond acceptors (Lipinski definition) is 6. The van der Waals surface area contributed by atoms with Gasteiger partial charge in [0, 0.05) is 25.6 Å². The smallest absolute Gasteiger partial charge is 0.235 e. The highest BCUT2D eigenvalue weighted by molar-refractivity contribution is 7.89. The Morgan fingerprint density at radius 3 is 2.77 bits per heavy atom. The van der Waals surface area contributed by atoms with Gasteiger partial charge in [0.1, 0.15) is 0 Å². The van der Waals surface area contributed by atoms with Crippen LogP contribution in [0.2, 0.25) is 0 Å². The number of carbonyl (C=O) groups excluding carboxylic acids is 1. The fourth-order valence-electron chi connectivity index (χ4n) is 4.30. The summed E-state index contributed by atoms with van der Waals surface area (Å²) in [5.74, 6) is 1.68. The molecule has 9 heteroatoms. The van der Waals surface area contributed by atoms with E-state index in [2.05, 4.69) is 14.9 Å². The van der Waals surface area contributed by atoms with E-state index in [1.54, 1.807) is 13.8 Å². The first-order chi connectivity index (χ1) is 12.1. The lowest BCUT2D eigenvalue weighted by Crippen LogP contribution is -2.40. The van der Waals surface area contributed by atoms with Gasteiger partial charge in [0.2, 0.25) is 21.8 Å². The summed E-state index contributed by atoms with van der Waals surface area (Å²) in [4.78, 5) is 18.9. The molecule has 2 aliphatic rings. The van der Waals surface area contributed by atoms with Crippen molar-refractivity contribution in [3.8, 4) is 0 Å². The second kappa shape index (κ2) is 6.92. The molecule has 26 heavy (non-hydrogen) atoms. The van der Waals surface area contributed by atoms with E-state index < -0.39 is 15.4 Å². The van der Waals surface area contributed by atoms with E-state index in [1.165, 1.54) is 0 Å². The van der Waals surface area contributed by atoms with Crippen LogP contribution in [0.25, 0.3) is 0 Å². The molecular formula is C17H28N4O4S. The van der Waals surface area contributed by atoms with Crippen molar-refractivity contribution in [3.05, 3.63) is 11.7 Å². The number of hydrogen-bond donors (Lipinski definition) is 1. The molecule has 1 aromatic rings. The van der Waals surface area contributed by atoms with Gasteiger partial charge in [-0.3, -0.25) is 4.79 Å². The van der Waals surface area contributed by atoms with Crippen LogP contribution in [0.4, 0.5) is 0 Å². The molecule has 1 aliphatic heterocycles. The second-order valence-electron chi connectivity index (χ2n) is 8.03. The van der Waals surface area contributed by atoms with Gasteiger partial charge in [0.05, 0.1) is 11.2 Å². The van der Waals surface area contributed by atoms with Crippen molar-refractivity contribution in [2.24, 2.45) is 11.8 Å². The molecule has 2 heterocycles. The lowest BCUT2D eigenvalue weighted by Gasteiger charge is -2.25. The predicted molar refractivity (Wildman–Crippen MR) is 95.9 cm³/mol. The third-order valence-corrected chi connectivity index (χ3v) is 6.94. The maximum Gasteiger partial charge on any atom is 0.235 e. The molecule has 3 rings (SSSR count). The van der Waals surface area contributed by atoms with E-state index in [0.29, 0.717) is 50.0 Å². The first kappa shape index (κ1) is 19.3. The Hall–Kier alpha value is -1.48. The van der Waals surface area contributed by atoms with Crippen molar-refractivity contribution in [2.75, 3.05) is 18.8 Å². The van der Waals surface area contributed by atoms with Gasteiger partial charge in [-0.1, -0.05) is 19.0 Å². The van der Waals surface area contributed by atoms with Gasteiger partial charge in [-0.15, -0.1) is 0 Å². The average Bonchev–Trinajstić information content (AvgIpc) is 3.18. The van der Waals surface area contributed by atoms with Crippen LogP contribution in [-0.2, 0) is 20.2 Å². The highest BCUT2D eigenvalue weighted by atomic mass is 32.2. The summed E-state index contributed by atoms with van der Waals surface area (Å²) in [5.41, 5.74) is -0.463. The van der Waals surface area contributed by atoms with Crippen LogP contribution in [0.5, 0.6) is 0 Å². The van der Waals surface area contributed by atoms with Gasteiger partial charge >= 0.3 is 0 Å². The molecule has 0 aromatic carbocycles. The van der Waals surface area contributed by atoms with E-state index in [-0.39, 0.29) is 23.6 Å². The third-order valence-electron chi connectivity index (χ3n) is 5.49. The Morgan fingerprint density at radius 1 is 1.46 bits per heavy atom. The monoisotopic (exact) mass is 384 g/mol. The van der Waals surface area contributed by atoms with Crippen molar-refractivity contribution in [2.45, 2.75) is 58.4 Å². The van der Waals surface area contributed by atoms with Crippen molar-refractivity contribution in [1.29, 1.82) is 0 Å². The number of fused-ring (bicyclic) bond motifs is 1. The Bertz CT molecular complexity index is 775. The molecule has 1 saturated carbocycles. The molecule has 8 nitrogen and oxygen atoms in total. The summed E-state index contributed by atoms with van der Waals surface area (Å²) in [7, 11) is -3.28. The van der Waals surface area contributed by atoms with Crippen LogP contribution in [-0.4, -0.2) is 54.2 Å². The van der Waals surface area contributed by atoms with Crippen molar-refractivity contribution < 1.29 is 17.7 Å². The second-order valence-corrected chi connectivity index (χ2v) is 10.1. The minimum Gasteiger partial charge on any atom is -0.341 e. The molecule has 146 valence electrons. The zero-order valence-electron chi connectivity index (χ0n) is 15.9. The zero-order chi connectivity index (χ0) is 19.1. The topological polar surface area (TPSA) is 105 Å². The van der Waals surface area contributed by atoms with Crippen molar-refractivity contribution in [1.82, 2.24) is 19.8 Å². The summed E-state index contributed by atoms with van der Waals surface area (Å²) in [6, 6.07) is -0.167. The minimum atomic E-state index is -3.28. The van der Waals surface area contributed by atoms with Crippen LogP contribution in [0, 0.1) is 18.8 Å². The molecule has 1 N–H and O–H groups in total. The van der Waals surface area contributed by atoms with E-state index in [1.807, 2.05) is 18.7 Å². The Morgan fingerprint density at radius 2 is 2.19 bits per heavy atom. The molecule has 0 radical (unpaired) electrons. The fraction of sp³-hybridized carbons (Fsp3) is 0.824. The third kappa shape index (κ3) is 3.64. The average molecular weight is 385 g/mol. The quantitative estimate of drug-likeness (QED) is 0.791. The SMILES string of the molecule is CCS(=O)(=O)N[C@@H]1C[C@H]2CN(C(=O)CC(C)C)C[C@@]2(c2nc(C)no2)C1. The van der Waals surface area contributed by atoms with E-state index in [9.17, 15) is 13.2 Å². The van der Waals surface area contributed by atoms with E-state index >= 15 is 0 Å². The highest BCUT2D eigenvalue weighted by Crippen LogP contribution is 2.50. The minimum absolute atomic E-state index is 0.0554. The number of likely N-dealkylation sites (tertiary alicyclic amines) is 1. The van der Waals surface area contributed by atoms with Crippen molar-refractivity contribution in [3.63, 3.8) is 0 Å². The van der Waals surface area contributed by atoms with Crippen molar-refractivity contribution >= 4 is 15.9 Å². The maximum atomic E-state index is 12.6. The lowest BCUT2D eigenvalue weighted by atomic mass is 9.80. The summed E-state index contributed by atoms with van der Waals surface area (Å²) in [6.07, 6.45) is 1.76. The summed E-state index contributed by atoms with van der Waals surface area (Å²) < 4.78 is 32.3. The number of rotatable bonds is 6. The maximum absolute atomic E-state index is 12.6. The van der Waals surface area contributed by atoms with Crippen LogP contribution < -0.4 is 4.72 Å². The number of sulfonamides is 1. The molecular weight excluding hydrogens is 356 g/mol. The Balaban J connectivity index is 1.85. The Kier molecular flexibility index (Phi) is 5.13. The molecule has 1 aliphatic carbocycles. The molecule has 3 atom stereocenters. The van der Waals surface area contributed by atoms with Gasteiger partial charge in [-0.2, -0.15) is 4.98 Å². The van der Waals surface area contributed by atoms with Crippen LogP contribution in [0.3, 0.4) is 0 Å².